The predicted molar refractivity (Wildman–Crippen MR) is 101 cm³/mol. The van der Waals surface area contributed by atoms with Crippen LogP contribution in [0.5, 0.6) is 5.75 Å². The van der Waals surface area contributed by atoms with Crippen LogP contribution in [0, 0.1) is 0 Å². The number of carbonyl (C=O) groups excluding carboxylic acids is 2. The molecular formula is C20H27N3O4. The Labute approximate surface area is 159 Å². The molecule has 7 nitrogen and oxygen atoms in total. The van der Waals surface area contributed by atoms with E-state index in [0.29, 0.717) is 30.2 Å². The molecule has 0 aromatic heterocycles. The van der Waals surface area contributed by atoms with Gasteiger partial charge >= 0.3 is 12.0 Å². The van der Waals surface area contributed by atoms with E-state index in [1.54, 1.807) is 6.92 Å². The van der Waals surface area contributed by atoms with Gasteiger partial charge in [-0.3, -0.25) is 4.90 Å². The number of rotatable bonds is 7. The molecule has 0 aliphatic carbocycles. The summed E-state index contributed by atoms with van der Waals surface area (Å²) in [7, 11) is 0. The van der Waals surface area contributed by atoms with E-state index in [1.807, 2.05) is 31.2 Å². The Morgan fingerprint density at radius 1 is 1.19 bits per heavy atom. The molecule has 0 saturated carbocycles. The van der Waals surface area contributed by atoms with Crippen LogP contribution in [-0.2, 0) is 9.53 Å². The molecule has 0 radical (unpaired) electrons. The van der Waals surface area contributed by atoms with Gasteiger partial charge in [-0.2, -0.15) is 0 Å². The quantitative estimate of drug-likeness (QED) is 0.717. The van der Waals surface area contributed by atoms with E-state index in [4.69, 9.17) is 9.47 Å². The van der Waals surface area contributed by atoms with Gasteiger partial charge in [0.2, 0.25) is 0 Å². The van der Waals surface area contributed by atoms with Crippen molar-refractivity contribution in [3.8, 4) is 5.75 Å². The van der Waals surface area contributed by atoms with Crippen LogP contribution in [0.25, 0.3) is 0 Å². The Bertz CT molecular complexity index is 726. The van der Waals surface area contributed by atoms with Crippen molar-refractivity contribution in [2.45, 2.75) is 32.7 Å². The molecule has 2 aliphatic rings. The summed E-state index contributed by atoms with van der Waals surface area (Å²) in [5.41, 5.74) is 1.79. The third-order valence-electron chi connectivity index (χ3n) is 4.76. The van der Waals surface area contributed by atoms with Gasteiger partial charge in [-0.25, -0.2) is 9.59 Å². The Hall–Kier alpha value is -2.54. The first-order chi connectivity index (χ1) is 13.1. The Balaban J connectivity index is 2.03. The average molecular weight is 373 g/mol. The number of likely N-dealkylation sites (tertiary alicyclic amines) is 1. The number of amides is 2. The number of esters is 1. The zero-order chi connectivity index (χ0) is 19.2. The summed E-state index contributed by atoms with van der Waals surface area (Å²) < 4.78 is 11.0. The first kappa shape index (κ1) is 19.2. The van der Waals surface area contributed by atoms with Crippen molar-refractivity contribution < 1.29 is 19.1 Å². The van der Waals surface area contributed by atoms with Crippen molar-refractivity contribution in [3.63, 3.8) is 0 Å². The lowest BCUT2D eigenvalue weighted by molar-refractivity contribution is -0.139. The number of urea groups is 1. The monoisotopic (exact) mass is 373 g/mol. The van der Waals surface area contributed by atoms with Crippen LogP contribution in [0.15, 0.2) is 35.5 Å². The maximum Gasteiger partial charge on any atom is 0.338 e. The van der Waals surface area contributed by atoms with Gasteiger partial charge < -0.3 is 20.1 Å². The lowest BCUT2D eigenvalue weighted by Crippen LogP contribution is -2.48. The zero-order valence-electron chi connectivity index (χ0n) is 15.9. The highest BCUT2D eigenvalue weighted by molar-refractivity contribution is 5.95. The van der Waals surface area contributed by atoms with Gasteiger partial charge in [0.05, 0.1) is 24.8 Å². The highest BCUT2D eigenvalue weighted by atomic mass is 16.5. The Kier molecular flexibility index (Phi) is 6.34. The second-order valence-electron chi connectivity index (χ2n) is 6.60. The summed E-state index contributed by atoms with van der Waals surface area (Å²) in [5, 5.41) is 5.70. The van der Waals surface area contributed by atoms with E-state index in [2.05, 4.69) is 15.5 Å². The molecule has 1 atom stereocenters. The second-order valence-corrected chi connectivity index (χ2v) is 6.60. The van der Waals surface area contributed by atoms with Gasteiger partial charge in [0.15, 0.2) is 0 Å². The van der Waals surface area contributed by atoms with Crippen LogP contribution in [0.4, 0.5) is 4.79 Å². The summed E-state index contributed by atoms with van der Waals surface area (Å²) in [5.74, 6) is 0.227. The fourth-order valence-corrected chi connectivity index (χ4v) is 3.60. The minimum absolute atomic E-state index is 0.271. The van der Waals surface area contributed by atoms with Gasteiger partial charge in [-0.15, -0.1) is 0 Å². The average Bonchev–Trinajstić information content (AvgIpc) is 3.15. The third-order valence-corrected chi connectivity index (χ3v) is 4.76. The van der Waals surface area contributed by atoms with E-state index < -0.39 is 12.0 Å². The van der Waals surface area contributed by atoms with Crippen molar-refractivity contribution in [2.75, 3.05) is 32.8 Å². The van der Waals surface area contributed by atoms with Crippen LogP contribution < -0.4 is 15.4 Å². The smallest absolute Gasteiger partial charge is 0.338 e. The number of para-hydroxylation sites is 1. The molecule has 1 aromatic carbocycles. The van der Waals surface area contributed by atoms with Crippen LogP contribution in [-0.4, -0.2) is 49.7 Å². The summed E-state index contributed by atoms with van der Waals surface area (Å²) >= 11 is 0. The molecule has 3 rings (SSSR count). The number of hydrogen-bond acceptors (Lipinski definition) is 5. The van der Waals surface area contributed by atoms with Crippen LogP contribution in [0.1, 0.15) is 38.3 Å². The second kappa shape index (κ2) is 8.90. The summed E-state index contributed by atoms with van der Waals surface area (Å²) in [6.45, 7) is 6.89. The number of ether oxygens (including phenoxy) is 2. The van der Waals surface area contributed by atoms with Gasteiger partial charge in [0.25, 0.3) is 0 Å². The number of benzene rings is 1. The van der Waals surface area contributed by atoms with Crippen LogP contribution in [0.3, 0.4) is 0 Å². The molecule has 0 spiro atoms. The summed E-state index contributed by atoms with van der Waals surface area (Å²) in [6.07, 6.45) is 2.26. The molecule has 1 fully saturated rings. The van der Waals surface area contributed by atoms with Gasteiger partial charge in [-0.1, -0.05) is 18.2 Å². The largest absolute Gasteiger partial charge is 0.494 e. The van der Waals surface area contributed by atoms with Gasteiger partial charge in [-0.05, 0) is 45.8 Å². The first-order valence-electron chi connectivity index (χ1n) is 9.55. The van der Waals surface area contributed by atoms with Crippen LogP contribution >= 0.6 is 0 Å². The SMILES string of the molecule is CCOC(=O)C1=C(CN2CCCC2)NC(=O)N[C@H]1c1ccccc1OCC. The molecule has 0 unspecified atom stereocenters. The molecule has 1 aromatic rings. The highest BCUT2D eigenvalue weighted by Gasteiger charge is 2.35. The van der Waals surface area contributed by atoms with Crippen molar-refractivity contribution in [1.82, 2.24) is 15.5 Å². The third kappa shape index (κ3) is 4.42. The van der Waals surface area contributed by atoms with E-state index in [-0.39, 0.29) is 12.6 Å². The molecule has 7 heteroatoms. The molecular weight excluding hydrogens is 346 g/mol. The lowest BCUT2D eigenvalue weighted by Gasteiger charge is -2.31. The maximum atomic E-state index is 12.8. The molecule has 1 saturated heterocycles. The van der Waals surface area contributed by atoms with Crippen molar-refractivity contribution >= 4 is 12.0 Å². The molecule has 2 heterocycles. The molecule has 2 aliphatic heterocycles. The minimum atomic E-state index is -0.613. The van der Waals surface area contributed by atoms with E-state index in [0.717, 1.165) is 31.5 Å². The van der Waals surface area contributed by atoms with Crippen molar-refractivity contribution in [1.29, 1.82) is 0 Å². The standard InChI is InChI=1S/C20H27N3O4/c1-3-26-16-10-6-5-9-14(16)18-17(19(24)27-4-2)15(21-20(25)22-18)13-23-11-7-8-12-23/h5-6,9-10,18H,3-4,7-8,11-13H2,1-2H3,(H2,21,22,25)/t18-/m0/s1. The van der Waals surface area contributed by atoms with Gasteiger partial charge in [0.1, 0.15) is 5.75 Å². The van der Waals surface area contributed by atoms with Crippen molar-refractivity contribution in [3.05, 3.63) is 41.1 Å². The molecule has 2 amide bonds. The fraction of sp³-hybridized carbons (Fsp3) is 0.500. The topological polar surface area (TPSA) is 79.9 Å². The molecule has 146 valence electrons. The first-order valence-corrected chi connectivity index (χ1v) is 9.55. The normalized spacial score (nSPS) is 20.2. The van der Waals surface area contributed by atoms with E-state index >= 15 is 0 Å². The molecule has 0 bridgehead atoms. The van der Waals surface area contributed by atoms with Crippen LogP contribution in [0.2, 0.25) is 0 Å². The number of nitrogens with zero attached hydrogens (tertiary/aromatic N) is 1. The van der Waals surface area contributed by atoms with Crippen molar-refractivity contribution in [2.24, 2.45) is 0 Å². The lowest BCUT2D eigenvalue weighted by atomic mass is 9.94. The van der Waals surface area contributed by atoms with Gasteiger partial charge in [0, 0.05) is 17.8 Å². The fourth-order valence-electron chi connectivity index (χ4n) is 3.60. The highest BCUT2D eigenvalue weighted by Crippen LogP contribution is 2.34. The Morgan fingerprint density at radius 3 is 2.63 bits per heavy atom. The predicted octanol–water partition coefficient (Wildman–Crippen LogP) is 2.35. The Morgan fingerprint density at radius 2 is 1.93 bits per heavy atom. The number of hydrogen-bond donors (Lipinski definition) is 2. The summed E-state index contributed by atoms with van der Waals surface area (Å²) in [6, 6.07) is 6.52. The number of carbonyl (C=O) groups is 2. The molecule has 27 heavy (non-hydrogen) atoms. The van der Waals surface area contributed by atoms with E-state index in [9.17, 15) is 9.59 Å². The number of nitrogens with one attached hydrogen (secondary N) is 2. The maximum absolute atomic E-state index is 12.8. The zero-order valence-corrected chi connectivity index (χ0v) is 15.9. The summed E-state index contributed by atoms with van der Waals surface area (Å²) in [4.78, 5) is 27.4. The molecule has 2 N–H and O–H groups in total. The minimum Gasteiger partial charge on any atom is -0.494 e. The van der Waals surface area contributed by atoms with E-state index in [1.165, 1.54) is 0 Å².